The van der Waals surface area contributed by atoms with E-state index in [0.717, 1.165) is 0 Å². The Labute approximate surface area is 115 Å². The minimum absolute atomic E-state index is 0.0403. The molecule has 1 aromatic carbocycles. The molecule has 1 unspecified atom stereocenters. The number of halogens is 1. The molecule has 0 spiro atoms. The highest BCUT2D eigenvalue weighted by Crippen LogP contribution is 2.18. The van der Waals surface area contributed by atoms with Crippen molar-refractivity contribution in [2.45, 2.75) is 17.4 Å². The van der Waals surface area contributed by atoms with Crippen LogP contribution in [0.15, 0.2) is 33.6 Å². The molecule has 1 atom stereocenters. The Morgan fingerprint density at radius 3 is 2.61 bits per heavy atom. The van der Waals surface area contributed by atoms with Gasteiger partial charge in [-0.05, 0) is 24.6 Å². The molecule has 0 radical (unpaired) electrons. The fraction of sp³-hybridized carbons (Fsp3) is 0.400. The highest BCUT2D eigenvalue weighted by molar-refractivity contribution is 9.10. The second-order valence-corrected chi connectivity index (χ2v) is 9.04. The van der Waals surface area contributed by atoms with Crippen LogP contribution in [-0.2, 0) is 19.9 Å². The molecule has 0 bridgehead atoms. The second-order valence-electron chi connectivity index (χ2n) is 4.18. The largest absolute Gasteiger partial charge is 0.240 e. The summed E-state index contributed by atoms with van der Waals surface area (Å²) >= 11 is 3.20. The van der Waals surface area contributed by atoms with Gasteiger partial charge in [-0.2, -0.15) is 0 Å². The van der Waals surface area contributed by atoms with E-state index in [0.29, 0.717) is 10.9 Å². The van der Waals surface area contributed by atoms with Gasteiger partial charge < -0.3 is 0 Å². The van der Waals surface area contributed by atoms with Gasteiger partial charge in [-0.1, -0.05) is 22.0 Å². The maximum atomic E-state index is 12.0. The zero-order chi connectivity index (χ0) is 13.4. The minimum atomic E-state index is -3.66. The van der Waals surface area contributed by atoms with E-state index in [1.54, 1.807) is 12.1 Å². The van der Waals surface area contributed by atoms with E-state index in [2.05, 4.69) is 20.7 Å². The normalized spacial score (nSPS) is 23.1. The lowest BCUT2D eigenvalue weighted by atomic mass is 10.3. The predicted molar refractivity (Wildman–Crippen MR) is 71.5 cm³/mol. The molecule has 1 saturated heterocycles. The summed E-state index contributed by atoms with van der Waals surface area (Å²) in [5.74, 6) is -0.0844. The summed E-state index contributed by atoms with van der Waals surface area (Å²) in [5.41, 5.74) is 0. The molecule has 0 saturated carbocycles. The molecule has 1 fully saturated rings. The Hall–Kier alpha value is -0.440. The summed E-state index contributed by atoms with van der Waals surface area (Å²) in [5, 5.41) is 0. The molecule has 0 aromatic heterocycles. The van der Waals surface area contributed by atoms with Crippen molar-refractivity contribution >= 4 is 35.8 Å². The van der Waals surface area contributed by atoms with Crippen molar-refractivity contribution in [3.63, 3.8) is 0 Å². The fourth-order valence-corrected chi connectivity index (χ4v) is 5.46. The maximum absolute atomic E-state index is 12.0. The first-order valence-electron chi connectivity index (χ1n) is 5.27. The number of sulfonamides is 1. The molecule has 0 amide bonds. The number of nitrogens with one attached hydrogen (secondary N) is 1. The van der Waals surface area contributed by atoms with E-state index in [1.807, 2.05) is 0 Å². The summed E-state index contributed by atoms with van der Waals surface area (Å²) in [4.78, 5) is 0.126. The van der Waals surface area contributed by atoms with Gasteiger partial charge in [-0.3, -0.25) is 0 Å². The van der Waals surface area contributed by atoms with Crippen molar-refractivity contribution in [2.24, 2.45) is 0 Å². The summed E-state index contributed by atoms with van der Waals surface area (Å²) in [6.45, 7) is 0. The van der Waals surface area contributed by atoms with Gasteiger partial charge in [0.15, 0.2) is 9.84 Å². The van der Waals surface area contributed by atoms with Crippen LogP contribution >= 0.6 is 15.9 Å². The van der Waals surface area contributed by atoms with Gasteiger partial charge in [-0.15, -0.1) is 0 Å². The third-order valence-electron chi connectivity index (χ3n) is 2.66. The zero-order valence-corrected chi connectivity index (χ0v) is 12.6. The third kappa shape index (κ3) is 3.31. The first kappa shape index (κ1) is 14.0. The van der Waals surface area contributed by atoms with Gasteiger partial charge in [0.05, 0.1) is 16.4 Å². The average Bonchev–Trinajstić information content (AvgIpc) is 2.57. The summed E-state index contributed by atoms with van der Waals surface area (Å²) in [6.07, 6.45) is 0.329. The topological polar surface area (TPSA) is 80.3 Å². The Bertz CT molecular complexity index is 654. The van der Waals surface area contributed by atoms with Crippen molar-refractivity contribution in [3.05, 3.63) is 28.7 Å². The van der Waals surface area contributed by atoms with Crippen molar-refractivity contribution < 1.29 is 16.8 Å². The van der Waals surface area contributed by atoms with Gasteiger partial charge in [-0.25, -0.2) is 21.6 Å². The molecule has 8 heteroatoms. The van der Waals surface area contributed by atoms with E-state index in [1.165, 1.54) is 12.1 Å². The predicted octanol–water partition coefficient (Wildman–Crippen LogP) is 0.914. The second kappa shape index (κ2) is 4.92. The van der Waals surface area contributed by atoms with Crippen LogP contribution in [0.2, 0.25) is 0 Å². The van der Waals surface area contributed by atoms with Crippen LogP contribution in [-0.4, -0.2) is 34.4 Å². The number of sulfone groups is 1. The lowest BCUT2D eigenvalue weighted by molar-refractivity contribution is 0.562. The monoisotopic (exact) mass is 353 g/mol. The molecule has 1 aromatic rings. The molecular weight excluding hydrogens is 342 g/mol. The lowest BCUT2D eigenvalue weighted by Gasteiger charge is -2.11. The lowest BCUT2D eigenvalue weighted by Crippen LogP contribution is -2.35. The third-order valence-corrected chi connectivity index (χ3v) is 6.44. The van der Waals surface area contributed by atoms with Crippen molar-refractivity contribution in [3.8, 4) is 0 Å². The molecular formula is C10H12BrNO4S2. The first-order valence-corrected chi connectivity index (χ1v) is 9.37. The maximum Gasteiger partial charge on any atom is 0.240 e. The fourth-order valence-electron chi connectivity index (χ4n) is 1.81. The van der Waals surface area contributed by atoms with E-state index in [4.69, 9.17) is 0 Å². The number of hydrogen-bond acceptors (Lipinski definition) is 4. The summed E-state index contributed by atoms with van der Waals surface area (Å²) in [6, 6.07) is 5.75. The van der Waals surface area contributed by atoms with Crippen LogP contribution in [0, 0.1) is 0 Å². The van der Waals surface area contributed by atoms with Crippen molar-refractivity contribution in [1.82, 2.24) is 4.72 Å². The van der Waals surface area contributed by atoms with Gasteiger partial charge in [0.1, 0.15) is 0 Å². The van der Waals surface area contributed by atoms with Crippen molar-refractivity contribution in [1.29, 1.82) is 0 Å². The van der Waals surface area contributed by atoms with Gasteiger partial charge >= 0.3 is 0 Å². The van der Waals surface area contributed by atoms with Crippen LogP contribution in [0.1, 0.15) is 6.42 Å². The molecule has 0 aliphatic carbocycles. The number of benzene rings is 1. The molecule has 1 aliphatic rings. The average molecular weight is 354 g/mol. The number of rotatable bonds is 3. The van der Waals surface area contributed by atoms with E-state index >= 15 is 0 Å². The van der Waals surface area contributed by atoms with Crippen LogP contribution in [0.25, 0.3) is 0 Å². The van der Waals surface area contributed by atoms with Gasteiger partial charge in [0.2, 0.25) is 10.0 Å². The Balaban J connectivity index is 2.18. The van der Waals surface area contributed by atoms with Gasteiger partial charge in [0.25, 0.3) is 0 Å². The highest BCUT2D eigenvalue weighted by atomic mass is 79.9. The van der Waals surface area contributed by atoms with E-state index in [9.17, 15) is 16.8 Å². The van der Waals surface area contributed by atoms with Gasteiger partial charge in [0, 0.05) is 10.5 Å². The quantitative estimate of drug-likeness (QED) is 0.875. The highest BCUT2D eigenvalue weighted by Gasteiger charge is 2.31. The summed E-state index contributed by atoms with van der Waals surface area (Å²) in [7, 11) is -6.76. The first-order chi connectivity index (χ1) is 8.28. The number of hydrogen-bond donors (Lipinski definition) is 1. The Kier molecular flexibility index (Phi) is 3.82. The standard InChI is InChI=1S/C10H12BrNO4S2/c11-8-2-1-3-10(6-8)18(15,16)12-9-4-5-17(13,14)7-9/h1-3,6,9,12H,4-5,7H2. The zero-order valence-electron chi connectivity index (χ0n) is 9.34. The Morgan fingerprint density at radius 1 is 1.33 bits per heavy atom. The molecule has 18 heavy (non-hydrogen) atoms. The SMILES string of the molecule is O=S1(=O)CCC(NS(=O)(=O)c2cccc(Br)c2)C1. The molecule has 1 N–H and O–H groups in total. The summed E-state index contributed by atoms with van der Waals surface area (Å²) < 4.78 is 49.7. The molecule has 1 aliphatic heterocycles. The smallest absolute Gasteiger partial charge is 0.229 e. The van der Waals surface area contributed by atoms with Crippen molar-refractivity contribution in [2.75, 3.05) is 11.5 Å². The van der Waals surface area contributed by atoms with Crippen LogP contribution in [0.4, 0.5) is 0 Å². The van der Waals surface area contributed by atoms with E-state index < -0.39 is 25.9 Å². The van der Waals surface area contributed by atoms with Crippen LogP contribution < -0.4 is 4.72 Å². The molecule has 100 valence electrons. The van der Waals surface area contributed by atoms with Crippen LogP contribution in [0.5, 0.6) is 0 Å². The molecule has 5 nitrogen and oxygen atoms in total. The Morgan fingerprint density at radius 2 is 2.06 bits per heavy atom. The minimum Gasteiger partial charge on any atom is -0.229 e. The molecule has 2 rings (SSSR count). The van der Waals surface area contributed by atoms with E-state index in [-0.39, 0.29) is 16.4 Å². The molecule has 1 heterocycles. The van der Waals surface area contributed by atoms with Crippen LogP contribution in [0.3, 0.4) is 0 Å².